The number of hydrazine groups is 2. The molecule has 1 aliphatic carbocycles. The number of amidine groups is 1. The van der Waals surface area contributed by atoms with Gasteiger partial charge in [0.05, 0.1) is 7.11 Å². The molecule has 0 spiro atoms. The van der Waals surface area contributed by atoms with Gasteiger partial charge >= 0.3 is 0 Å². The van der Waals surface area contributed by atoms with Gasteiger partial charge in [0, 0.05) is 30.4 Å². The molecule has 1 aliphatic heterocycles. The molecule has 1 fully saturated rings. The van der Waals surface area contributed by atoms with Crippen LogP contribution in [-0.2, 0) is 6.54 Å². The van der Waals surface area contributed by atoms with Gasteiger partial charge in [-0.15, -0.1) is 10.2 Å². The number of hydrogen-bond acceptors (Lipinski definition) is 8. The second-order valence-corrected chi connectivity index (χ2v) is 8.48. The SMILES string of the molecule is COc1cccc(CNC(=O)c2cc(C3=NNN(CC4CCC(N)CC4)N3)cc(C)n2)c1. The Hall–Kier alpha value is -3.17. The van der Waals surface area contributed by atoms with Crippen molar-refractivity contribution in [2.24, 2.45) is 16.8 Å². The Kier molecular flexibility index (Phi) is 6.87. The molecular weight excluding hydrogens is 406 g/mol. The van der Waals surface area contributed by atoms with Gasteiger partial charge in [0.1, 0.15) is 11.4 Å². The number of ether oxygens (including phenoxy) is 1. The highest BCUT2D eigenvalue weighted by atomic mass is 16.5. The number of amides is 1. The summed E-state index contributed by atoms with van der Waals surface area (Å²) in [6.45, 7) is 3.10. The number of benzene rings is 1. The summed E-state index contributed by atoms with van der Waals surface area (Å²) in [7, 11) is 1.62. The second-order valence-electron chi connectivity index (χ2n) is 8.48. The number of nitrogens with one attached hydrogen (secondary N) is 3. The van der Waals surface area contributed by atoms with Gasteiger partial charge in [0.25, 0.3) is 5.91 Å². The third kappa shape index (κ3) is 5.54. The van der Waals surface area contributed by atoms with Crippen LogP contribution >= 0.6 is 0 Å². The van der Waals surface area contributed by atoms with Crippen LogP contribution in [0.4, 0.5) is 0 Å². The standard InChI is InChI=1S/C23H31N7O2/c1-15-10-18(22-27-29-30(28-22)14-16-6-8-19(24)9-7-16)12-21(26-15)23(31)25-13-17-4-3-5-20(11-17)32-2/h3-5,10-12,16,19,29H,6-9,13-14,24H2,1-2H3,(H,25,31)(H,27,28). The van der Waals surface area contributed by atoms with Crippen LogP contribution in [0.1, 0.15) is 53.0 Å². The Morgan fingerprint density at radius 2 is 2.06 bits per heavy atom. The lowest BCUT2D eigenvalue weighted by atomic mass is 9.86. The van der Waals surface area contributed by atoms with Crippen LogP contribution in [0.3, 0.4) is 0 Å². The van der Waals surface area contributed by atoms with Crippen molar-refractivity contribution in [1.82, 2.24) is 26.4 Å². The van der Waals surface area contributed by atoms with Crippen molar-refractivity contribution in [3.8, 4) is 5.75 Å². The van der Waals surface area contributed by atoms with Crippen molar-refractivity contribution in [1.29, 1.82) is 0 Å². The first-order valence-electron chi connectivity index (χ1n) is 11.0. The molecule has 9 nitrogen and oxygen atoms in total. The number of pyridine rings is 1. The molecule has 0 radical (unpaired) electrons. The van der Waals surface area contributed by atoms with Crippen molar-refractivity contribution in [3.05, 3.63) is 58.9 Å². The van der Waals surface area contributed by atoms with E-state index in [0.717, 1.165) is 54.8 Å². The Labute approximate surface area is 188 Å². The highest BCUT2D eigenvalue weighted by Crippen LogP contribution is 2.23. The number of carbonyl (C=O) groups is 1. The van der Waals surface area contributed by atoms with E-state index in [1.807, 2.05) is 42.4 Å². The average Bonchev–Trinajstić information content (AvgIpc) is 3.27. The molecule has 170 valence electrons. The molecule has 5 N–H and O–H groups in total. The molecule has 1 aromatic carbocycles. The third-order valence-corrected chi connectivity index (χ3v) is 5.90. The van der Waals surface area contributed by atoms with E-state index in [2.05, 4.69) is 26.4 Å². The average molecular weight is 438 g/mol. The fourth-order valence-corrected chi connectivity index (χ4v) is 4.11. The number of aryl methyl sites for hydroxylation is 1. The van der Waals surface area contributed by atoms with Crippen molar-refractivity contribution in [3.63, 3.8) is 0 Å². The highest BCUT2D eigenvalue weighted by molar-refractivity contribution is 6.01. The lowest BCUT2D eigenvalue weighted by molar-refractivity contribution is 0.0945. The van der Waals surface area contributed by atoms with Crippen LogP contribution in [0.25, 0.3) is 0 Å². The topological polar surface area (TPSA) is 117 Å². The Morgan fingerprint density at radius 3 is 2.84 bits per heavy atom. The molecular formula is C23H31N7O2. The third-order valence-electron chi connectivity index (χ3n) is 5.90. The second kappa shape index (κ2) is 9.97. The first-order valence-corrected chi connectivity index (χ1v) is 11.0. The van der Waals surface area contributed by atoms with Crippen molar-refractivity contribution < 1.29 is 9.53 Å². The number of nitrogens with two attached hydrogens (primary N) is 1. The van der Waals surface area contributed by atoms with Crippen molar-refractivity contribution >= 4 is 11.7 Å². The maximum absolute atomic E-state index is 12.7. The quantitative estimate of drug-likeness (QED) is 0.522. The van der Waals surface area contributed by atoms with E-state index in [1.54, 1.807) is 13.2 Å². The van der Waals surface area contributed by atoms with Gasteiger partial charge in [-0.1, -0.05) is 12.1 Å². The van der Waals surface area contributed by atoms with Gasteiger partial charge in [-0.2, -0.15) is 0 Å². The monoisotopic (exact) mass is 437 g/mol. The molecule has 32 heavy (non-hydrogen) atoms. The molecule has 1 aromatic heterocycles. The number of hydrazone groups is 1. The molecule has 0 saturated heterocycles. The van der Waals surface area contributed by atoms with E-state index in [1.165, 1.54) is 0 Å². The summed E-state index contributed by atoms with van der Waals surface area (Å²) in [4.78, 5) is 17.1. The fourth-order valence-electron chi connectivity index (χ4n) is 4.11. The van der Waals surface area contributed by atoms with Gasteiger partial charge in [-0.25, -0.2) is 10.5 Å². The predicted octanol–water partition coefficient (Wildman–Crippen LogP) is 1.83. The number of carbonyl (C=O) groups excluding carboxylic acids is 1. The van der Waals surface area contributed by atoms with Crippen LogP contribution in [0.2, 0.25) is 0 Å². The molecule has 2 aromatic rings. The normalized spacial score (nSPS) is 20.8. The molecule has 0 atom stereocenters. The largest absolute Gasteiger partial charge is 0.497 e. The Morgan fingerprint density at radius 1 is 1.25 bits per heavy atom. The number of methoxy groups -OCH3 is 1. The van der Waals surface area contributed by atoms with E-state index in [4.69, 9.17) is 10.5 Å². The lowest BCUT2D eigenvalue weighted by Gasteiger charge is -2.28. The predicted molar refractivity (Wildman–Crippen MR) is 123 cm³/mol. The molecule has 2 heterocycles. The fraction of sp³-hybridized carbons (Fsp3) is 0.435. The number of aromatic nitrogens is 1. The zero-order valence-electron chi connectivity index (χ0n) is 18.6. The van der Waals surface area contributed by atoms with Gasteiger partial charge in [0.2, 0.25) is 0 Å². The minimum Gasteiger partial charge on any atom is -0.497 e. The van der Waals surface area contributed by atoms with E-state index in [-0.39, 0.29) is 5.91 Å². The van der Waals surface area contributed by atoms with Crippen LogP contribution < -0.4 is 26.7 Å². The molecule has 0 unspecified atom stereocenters. The number of nitrogens with zero attached hydrogens (tertiary/aromatic N) is 3. The zero-order chi connectivity index (χ0) is 22.5. The summed E-state index contributed by atoms with van der Waals surface area (Å²) < 4.78 is 5.24. The van der Waals surface area contributed by atoms with Gasteiger partial charge in [-0.3, -0.25) is 10.2 Å². The summed E-state index contributed by atoms with van der Waals surface area (Å²) in [5.41, 5.74) is 15.2. The van der Waals surface area contributed by atoms with E-state index in [9.17, 15) is 4.79 Å². The Bertz CT molecular complexity index is 986. The molecule has 1 amide bonds. The molecule has 2 aliphatic rings. The van der Waals surface area contributed by atoms with Gasteiger partial charge in [-0.05, 0) is 68.4 Å². The summed E-state index contributed by atoms with van der Waals surface area (Å²) in [5.74, 6) is 1.78. The summed E-state index contributed by atoms with van der Waals surface area (Å²) >= 11 is 0. The molecule has 1 saturated carbocycles. The first-order chi connectivity index (χ1) is 15.5. The van der Waals surface area contributed by atoms with Crippen LogP contribution in [0.5, 0.6) is 5.75 Å². The molecule has 4 rings (SSSR count). The minimum atomic E-state index is -0.236. The molecule has 0 bridgehead atoms. The summed E-state index contributed by atoms with van der Waals surface area (Å²) in [5, 5.41) is 9.23. The summed E-state index contributed by atoms with van der Waals surface area (Å²) in [6, 6.07) is 11.6. The van der Waals surface area contributed by atoms with E-state index < -0.39 is 0 Å². The lowest BCUT2D eigenvalue weighted by Crippen LogP contribution is -2.45. The molecule has 9 heteroatoms. The zero-order valence-corrected chi connectivity index (χ0v) is 18.6. The van der Waals surface area contributed by atoms with E-state index in [0.29, 0.717) is 30.0 Å². The number of rotatable bonds is 7. The van der Waals surface area contributed by atoms with Crippen LogP contribution in [0, 0.1) is 12.8 Å². The maximum atomic E-state index is 12.7. The van der Waals surface area contributed by atoms with Gasteiger partial charge < -0.3 is 15.8 Å². The minimum absolute atomic E-state index is 0.236. The van der Waals surface area contributed by atoms with Gasteiger partial charge in [0.15, 0.2) is 5.84 Å². The van der Waals surface area contributed by atoms with Crippen molar-refractivity contribution in [2.75, 3.05) is 13.7 Å². The highest BCUT2D eigenvalue weighted by Gasteiger charge is 2.24. The first kappa shape index (κ1) is 22.0. The van der Waals surface area contributed by atoms with Crippen LogP contribution in [0.15, 0.2) is 41.5 Å². The Balaban J connectivity index is 1.36. The smallest absolute Gasteiger partial charge is 0.270 e. The number of hydrogen-bond donors (Lipinski definition) is 4. The van der Waals surface area contributed by atoms with E-state index >= 15 is 0 Å². The van der Waals surface area contributed by atoms with Crippen LogP contribution in [-0.4, -0.2) is 41.5 Å². The summed E-state index contributed by atoms with van der Waals surface area (Å²) in [6.07, 6.45) is 4.40. The maximum Gasteiger partial charge on any atom is 0.270 e. The van der Waals surface area contributed by atoms with Crippen molar-refractivity contribution in [2.45, 2.75) is 45.2 Å².